The summed E-state index contributed by atoms with van der Waals surface area (Å²) in [5.74, 6) is 0. The Morgan fingerprint density at radius 3 is 2.53 bits per heavy atom. The first kappa shape index (κ1) is 12.5. The predicted molar refractivity (Wildman–Crippen MR) is 82.7 cm³/mol. The molecule has 1 aliphatic heterocycles. The molecule has 2 aromatic carbocycles. The van der Waals surface area contributed by atoms with Crippen LogP contribution in [-0.2, 0) is 0 Å². The molecule has 0 unspecified atom stereocenters. The van der Waals surface area contributed by atoms with Crippen LogP contribution in [0.15, 0.2) is 42.5 Å². The topological polar surface area (TPSA) is 15.3 Å². The number of rotatable bonds is 4. The van der Waals surface area contributed by atoms with Crippen molar-refractivity contribution in [2.75, 3.05) is 31.5 Å². The summed E-state index contributed by atoms with van der Waals surface area (Å²) in [7, 11) is 0. The van der Waals surface area contributed by atoms with Crippen LogP contribution >= 0.6 is 0 Å². The highest BCUT2D eigenvalue weighted by Gasteiger charge is 2.08. The molecule has 0 radical (unpaired) electrons. The van der Waals surface area contributed by atoms with Gasteiger partial charge in [0.15, 0.2) is 0 Å². The molecule has 1 N–H and O–H groups in total. The number of hydrogen-bond donors (Lipinski definition) is 1. The molecule has 0 amide bonds. The van der Waals surface area contributed by atoms with E-state index < -0.39 is 0 Å². The van der Waals surface area contributed by atoms with Gasteiger partial charge in [0, 0.05) is 18.8 Å². The van der Waals surface area contributed by atoms with Crippen LogP contribution in [-0.4, -0.2) is 31.1 Å². The highest BCUT2D eigenvalue weighted by molar-refractivity contribution is 5.85. The number of piperidine rings is 1. The molecule has 2 heteroatoms. The van der Waals surface area contributed by atoms with Gasteiger partial charge in [-0.15, -0.1) is 0 Å². The molecule has 0 aromatic heterocycles. The molecule has 0 atom stereocenters. The van der Waals surface area contributed by atoms with Gasteiger partial charge in [0.25, 0.3) is 0 Å². The summed E-state index contributed by atoms with van der Waals surface area (Å²) in [6.07, 6.45) is 4.15. The Morgan fingerprint density at radius 2 is 1.68 bits per heavy atom. The van der Waals surface area contributed by atoms with E-state index in [1.54, 1.807) is 0 Å². The molecule has 1 aliphatic rings. The van der Waals surface area contributed by atoms with Crippen molar-refractivity contribution in [2.24, 2.45) is 0 Å². The summed E-state index contributed by atoms with van der Waals surface area (Å²) in [6, 6.07) is 15.1. The SMILES string of the molecule is c1ccc2cc(NCCN3CCCCC3)ccc2c1. The predicted octanol–water partition coefficient (Wildman–Crippen LogP) is 3.74. The zero-order valence-electron chi connectivity index (χ0n) is 11.4. The zero-order chi connectivity index (χ0) is 12.9. The van der Waals surface area contributed by atoms with E-state index in [0.717, 1.165) is 13.1 Å². The summed E-state index contributed by atoms with van der Waals surface area (Å²) in [5.41, 5.74) is 1.23. The van der Waals surface area contributed by atoms with E-state index in [9.17, 15) is 0 Å². The Hall–Kier alpha value is -1.54. The van der Waals surface area contributed by atoms with E-state index >= 15 is 0 Å². The smallest absolute Gasteiger partial charge is 0.0347 e. The monoisotopic (exact) mass is 254 g/mol. The van der Waals surface area contributed by atoms with Crippen LogP contribution in [0.4, 0.5) is 5.69 Å². The fourth-order valence-electron chi connectivity index (χ4n) is 2.84. The Balaban J connectivity index is 1.56. The molecule has 100 valence electrons. The van der Waals surface area contributed by atoms with Crippen LogP contribution in [0.25, 0.3) is 10.8 Å². The van der Waals surface area contributed by atoms with Gasteiger partial charge in [-0.05, 0) is 48.8 Å². The van der Waals surface area contributed by atoms with Crippen LogP contribution < -0.4 is 5.32 Å². The molecule has 0 bridgehead atoms. The maximum Gasteiger partial charge on any atom is 0.0347 e. The standard InChI is InChI=1S/C17H22N2/c1-4-11-19(12-5-1)13-10-18-17-9-8-15-6-2-3-7-16(15)14-17/h2-3,6-9,14,18H,1,4-5,10-13H2. The van der Waals surface area contributed by atoms with Gasteiger partial charge in [0.2, 0.25) is 0 Å². The minimum atomic E-state index is 1.04. The lowest BCUT2D eigenvalue weighted by atomic mass is 10.1. The second kappa shape index (κ2) is 6.07. The van der Waals surface area contributed by atoms with Gasteiger partial charge >= 0.3 is 0 Å². The third-order valence-electron chi connectivity index (χ3n) is 3.96. The molecule has 0 spiro atoms. The van der Waals surface area contributed by atoms with Gasteiger partial charge in [0.1, 0.15) is 0 Å². The highest BCUT2D eigenvalue weighted by atomic mass is 15.1. The first-order chi connectivity index (χ1) is 9.42. The largest absolute Gasteiger partial charge is 0.384 e. The number of likely N-dealkylation sites (tertiary alicyclic amines) is 1. The molecule has 3 rings (SSSR count). The molecule has 0 saturated carbocycles. The quantitative estimate of drug-likeness (QED) is 0.894. The number of hydrogen-bond acceptors (Lipinski definition) is 2. The van der Waals surface area contributed by atoms with E-state index in [-0.39, 0.29) is 0 Å². The number of nitrogens with one attached hydrogen (secondary N) is 1. The molecular weight excluding hydrogens is 232 g/mol. The van der Waals surface area contributed by atoms with Gasteiger partial charge < -0.3 is 10.2 Å². The van der Waals surface area contributed by atoms with Crippen molar-refractivity contribution in [3.63, 3.8) is 0 Å². The van der Waals surface area contributed by atoms with Crippen molar-refractivity contribution in [2.45, 2.75) is 19.3 Å². The maximum atomic E-state index is 3.54. The molecule has 2 nitrogen and oxygen atoms in total. The Labute approximate surface area is 115 Å². The first-order valence-corrected chi connectivity index (χ1v) is 7.37. The normalized spacial score (nSPS) is 16.6. The van der Waals surface area contributed by atoms with Crippen molar-refractivity contribution in [3.05, 3.63) is 42.5 Å². The van der Waals surface area contributed by atoms with Gasteiger partial charge in [-0.25, -0.2) is 0 Å². The zero-order valence-corrected chi connectivity index (χ0v) is 11.4. The highest BCUT2D eigenvalue weighted by Crippen LogP contribution is 2.18. The number of fused-ring (bicyclic) bond motifs is 1. The lowest BCUT2D eigenvalue weighted by Crippen LogP contribution is -2.33. The molecule has 2 aromatic rings. The van der Waals surface area contributed by atoms with E-state index in [2.05, 4.69) is 52.7 Å². The Morgan fingerprint density at radius 1 is 0.895 bits per heavy atom. The van der Waals surface area contributed by atoms with Crippen LogP contribution in [0, 0.1) is 0 Å². The van der Waals surface area contributed by atoms with Crippen molar-refractivity contribution in [3.8, 4) is 0 Å². The van der Waals surface area contributed by atoms with Gasteiger partial charge in [-0.1, -0.05) is 36.8 Å². The van der Waals surface area contributed by atoms with Crippen molar-refractivity contribution in [1.82, 2.24) is 4.90 Å². The third kappa shape index (κ3) is 3.27. The summed E-state index contributed by atoms with van der Waals surface area (Å²) >= 11 is 0. The minimum absolute atomic E-state index is 1.04. The second-order valence-electron chi connectivity index (χ2n) is 5.39. The fraction of sp³-hybridized carbons (Fsp3) is 0.412. The average molecular weight is 254 g/mol. The maximum absolute atomic E-state index is 3.54. The first-order valence-electron chi connectivity index (χ1n) is 7.37. The van der Waals surface area contributed by atoms with Crippen molar-refractivity contribution in [1.29, 1.82) is 0 Å². The van der Waals surface area contributed by atoms with Crippen LogP contribution in [0.5, 0.6) is 0 Å². The van der Waals surface area contributed by atoms with Crippen molar-refractivity contribution < 1.29 is 0 Å². The van der Waals surface area contributed by atoms with E-state index in [4.69, 9.17) is 0 Å². The summed E-state index contributed by atoms with van der Waals surface area (Å²) in [6.45, 7) is 4.75. The Kier molecular flexibility index (Phi) is 3.99. The third-order valence-corrected chi connectivity index (χ3v) is 3.96. The van der Waals surface area contributed by atoms with E-state index in [1.807, 2.05) is 0 Å². The van der Waals surface area contributed by atoms with E-state index in [1.165, 1.54) is 48.8 Å². The minimum Gasteiger partial charge on any atom is -0.384 e. The van der Waals surface area contributed by atoms with Crippen molar-refractivity contribution >= 4 is 16.5 Å². The second-order valence-corrected chi connectivity index (χ2v) is 5.39. The van der Waals surface area contributed by atoms with Gasteiger partial charge in [-0.3, -0.25) is 0 Å². The van der Waals surface area contributed by atoms with Gasteiger partial charge in [-0.2, -0.15) is 0 Å². The summed E-state index contributed by atoms with van der Waals surface area (Å²) in [5, 5.41) is 6.16. The van der Waals surface area contributed by atoms with Gasteiger partial charge in [0.05, 0.1) is 0 Å². The van der Waals surface area contributed by atoms with E-state index in [0.29, 0.717) is 0 Å². The lowest BCUT2D eigenvalue weighted by molar-refractivity contribution is 0.237. The lowest BCUT2D eigenvalue weighted by Gasteiger charge is -2.26. The summed E-state index contributed by atoms with van der Waals surface area (Å²) in [4.78, 5) is 2.57. The molecule has 0 aliphatic carbocycles. The van der Waals surface area contributed by atoms with Crippen LogP contribution in [0.1, 0.15) is 19.3 Å². The molecule has 1 saturated heterocycles. The average Bonchev–Trinajstić information content (AvgIpc) is 2.48. The molecule has 19 heavy (non-hydrogen) atoms. The summed E-state index contributed by atoms with van der Waals surface area (Å²) < 4.78 is 0. The Bertz CT molecular complexity index is 530. The van der Waals surface area contributed by atoms with Crippen LogP contribution in [0.3, 0.4) is 0 Å². The molecule has 1 fully saturated rings. The molecular formula is C17H22N2. The number of anilines is 1. The fourth-order valence-corrected chi connectivity index (χ4v) is 2.84. The molecule has 1 heterocycles. The number of nitrogens with zero attached hydrogens (tertiary/aromatic N) is 1. The van der Waals surface area contributed by atoms with Crippen LogP contribution in [0.2, 0.25) is 0 Å². The number of benzene rings is 2.